The third-order valence-electron chi connectivity index (χ3n) is 7.29. The predicted octanol–water partition coefficient (Wildman–Crippen LogP) is 5.52. The highest BCUT2D eigenvalue weighted by molar-refractivity contribution is 5.99. The van der Waals surface area contributed by atoms with Gasteiger partial charge in [0.05, 0.1) is 25.4 Å². The van der Waals surface area contributed by atoms with Crippen LogP contribution in [0.4, 0.5) is 10.1 Å². The molecule has 4 rings (SSSR count). The molecule has 2 N–H and O–H groups in total. The van der Waals surface area contributed by atoms with Crippen molar-refractivity contribution in [3.05, 3.63) is 46.8 Å². The molecule has 8 heteroatoms. The largest absolute Gasteiger partial charge is 0.493 e. The normalized spacial score (nSPS) is 17.7. The van der Waals surface area contributed by atoms with Crippen LogP contribution in [0.5, 0.6) is 5.75 Å². The molecule has 0 bridgehead atoms. The summed E-state index contributed by atoms with van der Waals surface area (Å²) < 4.78 is 32.6. The van der Waals surface area contributed by atoms with Crippen LogP contribution in [0.1, 0.15) is 66.9 Å². The van der Waals surface area contributed by atoms with Crippen molar-refractivity contribution in [2.45, 2.75) is 70.6 Å². The summed E-state index contributed by atoms with van der Waals surface area (Å²) in [5, 5.41) is 13.2. The first-order valence-electron chi connectivity index (χ1n) is 12.5. The number of benzene rings is 2. The maximum absolute atomic E-state index is 15.7. The molecule has 2 aromatic rings. The molecule has 36 heavy (non-hydrogen) atoms. The quantitative estimate of drug-likeness (QED) is 0.439. The number of halogens is 1. The Hall–Kier alpha value is -2.97. The lowest BCUT2D eigenvalue weighted by Gasteiger charge is -2.35. The lowest BCUT2D eigenvalue weighted by atomic mass is 9.89. The molecule has 0 spiro atoms. The number of aliphatic carboxylic acids is 1. The second-order valence-corrected chi connectivity index (χ2v) is 9.73. The maximum Gasteiger partial charge on any atom is 0.329 e. The number of ketones is 1. The number of carbonyl (C=O) groups is 2. The van der Waals surface area contributed by atoms with Crippen molar-refractivity contribution < 1.29 is 33.3 Å². The first-order valence-corrected chi connectivity index (χ1v) is 12.5. The molecule has 0 aromatic heterocycles. The van der Waals surface area contributed by atoms with Gasteiger partial charge in [0.1, 0.15) is 5.54 Å². The smallest absolute Gasteiger partial charge is 0.329 e. The van der Waals surface area contributed by atoms with Gasteiger partial charge in [0, 0.05) is 37.3 Å². The van der Waals surface area contributed by atoms with E-state index in [2.05, 4.69) is 5.32 Å². The molecular formula is C28H34FNO6. The standard InChI is InChI=1S/C28H34FNO6/c1-17-14-23(25(29)26(34-3)24(17)18(2)31)22-9-8-20(15-19(22)16-36-21-6-4-5-7-21)30-28(27(32)33)10-12-35-13-11-28/h8-9,14-15,21,30H,4-7,10-13,16H2,1-3H3,(H,32,33). The van der Waals surface area contributed by atoms with E-state index in [0.29, 0.717) is 48.4 Å². The van der Waals surface area contributed by atoms with E-state index < -0.39 is 17.3 Å². The predicted molar refractivity (Wildman–Crippen MR) is 134 cm³/mol. The molecule has 0 amide bonds. The fraction of sp³-hybridized carbons (Fsp3) is 0.500. The Labute approximate surface area is 210 Å². The van der Waals surface area contributed by atoms with Gasteiger partial charge in [-0.1, -0.05) is 18.9 Å². The lowest BCUT2D eigenvalue weighted by molar-refractivity contribution is -0.145. The average molecular weight is 500 g/mol. The van der Waals surface area contributed by atoms with Gasteiger partial charge in [0.25, 0.3) is 0 Å². The third kappa shape index (κ3) is 5.25. The van der Waals surface area contributed by atoms with Gasteiger partial charge >= 0.3 is 5.97 Å². The third-order valence-corrected chi connectivity index (χ3v) is 7.29. The minimum absolute atomic E-state index is 0.0746. The van der Waals surface area contributed by atoms with Gasteiger partial charge in [0.15, 0.2) is 17.3 Å². The van der Waals surface area contributed by atoms with Crippen molar-refractivity contribution in [3.63, 3.8) is 0 Å². The molecule has 7 nitrogen and oxygen atoms in total. The summed E-state index contributed by atoms with van der Waals surface area (Å²) in [6, 6.07) is 7.03. The fourth-order valence-electron chi connectivity index (χ4n) is 5.29. The first kappa shape index (κ1) is 26.1. The van der Waals surface area contributed by atoms with E-state index in [9.17, 15) is 14.7 Å². The summed E-state index contributed by atoms with van der Waals surface area (Å²) in [6.07, 6.45) is 5.06. The van der Waals surface area contributed by atoms with Crippen LogP contribution < -0.4 is 10.1 Å². The highest BCUT2D eigenvalue weighted by Gasteiger charge is 2.40. The number of Topliss-reactive ketones (excluding diaryl/α,β-unsaturated/α-hetero) is 1. The number of carboxylic acid groups (broad SMARTS) is 1. The summed E-state index contributed by atoms with van der Waals surface area (Å²) in [5.74, 6) is -1.88. The molecule has 194 valence electrons. The molecule has 1 aliphatic heterocycles. The molecule has 1 saturated heterocycles. The van der Waals surface area contributed by atoms with Crippen molar-refractivity contribution in [1.82, 2.24) is 0 Å². The molecule has 2 aromatic carbocycles. The number of carbonyl (C=O) groups excluding carboxylic acids is 1. The minimum atomic E-state index is -1.13. The minimum Gasteiger partial charge on any atom is -0.493 e. The topological polar surface area (TPSA) is 94.1 Å². The van der Waals surface area contributed by atoms with Crippen LogP contribution in [0.2, 0.25) is 0 Å². The summed E-state index contributed by atoms with van der Waals surface area (Å²) in [5.41, 5.74) is 2.00. The Kier molecular flexibility index (Phi) is 7.95. The molecule has 0 atom stereocenters. The number of rotatable bonds is 9. The second kappa shape index (κ2) is 11.0. The number of carboxylic acids is 1. The van der Waals surface area contributed by atoms with Crippen LogP contribution in [-0.2, 0) is 20.9 Å². The van der Waals surface area contributed by atoms with Crippen LogP contribution in [0.3, 0.4) is 0 Å². The molecule has 1 heterocycles. The van der Waals surface area contributed by atoms with Gasteiger partial charge in [-0.15, -0.1) is 0 Å². The first-order chi connectivity index (χ1) is 17.3. The summed E-state index contributed by atoms with van der Waals surface area (Å²) in [7, 11) is 1.35. The number of nitrogens with one attached hydrogen (secondary N) is 1. The maximum atomic E-state index is 15.7. The van der Waals surface area contributed by atoms with Crippen LogP contribution in [0.15, 0.2) is 24.3 Å². The van der Waals surface area contributed by atoms with Gasteiger partial charge < -0.3 is 24.6 Å². The Morgan fingerprint density at radius 2 is 1.86 bits per heavy atom. The van der Waals surface area contributed by atoms with Gasteiger partial charge in [-0.25, -0.2) is 9.18 Å². The zero-order chi connectivity index (χ0) is 25.9. The Bertz CT molecular complexity index is 1140. The highest BCUT2D eigenvalue weighted by atomic mass is 19.1. The number of hydrogen-bond acceptors (Lipinski definition) is 6. The van der Waals surface area contributed by atoms with Gasteiger partial charge in [0.2, 0.25) is 0 Å². The van der Waals surface area contributed by atoms with E-state index in [-0.39, 0.29) is 29.8 Å². The van der Waals surface area contributed by atoms with Gasteiger partial charge in [-0.05, 0) is 61.6 Å². The van der Waals surface area contributed by atoms with Gasteiger partial charge in [-0.3, -0.25) is 4.79 Å². The van der Waals surface area contributed by atoms with Crippen molar-refractivity contribution in [2.75, 3.05) is 25.6 Å². The molecule has 0 radical (unpaired) electrons. The van der Waals surface area contributed by atoms with E-state index >= 15 is 4.39 Å². The highest BCUT2D eigenvalue weighted by Crippen LogP contribution is 2.38. The van der Waals surface area contributed by atoms with E-state index in [1.165, 1.54) is 14.0 Å². The molecule has 2 fully saturated rings. The van der Waals surface area contributed by atoms with E-state index in [1.807, 2.05) is 6.07 Å². The van der Waals surface area contributed by atoms with Crippen LogP contribution in [0.25, 0.3) is 11.1 Å². The molecule has 0 unspecified atom stereocenters. The van der Waals surface area contributed by atoms with Crippen molar-refractivity contribution >= 4 is 17.4 Å². The molecule has 2 aliphatic rings. The summed E-state index contributed by atoms with van der Waals surface area (Å²) in [6.45, 7) is 4.13. The van der Waals surface area contributed by atoms with Gasteiger partial charge in [-0.2, -0.15) is 0 Å². The van der Waals surface area contributed by atoms with Crippen LogP contribution in [-0.4, -0.2) is 48.8 Å². The van der Waals surface area contributed by atoms with E-state index in [4.69, 9.17) is 14.2 Å². The second-order valence-electron chi connectivity index (χ2n) is 9.73. The van der Waals surface area contributed by atoms with E-state index in [0.717, 1.165) is 31.2 Å². The molecule has 1 saturated carbocycles. The summed E-state index contributed by atoms with van der Waals surface area (Å²) in [4.78, 5) is 24.3. The average Bonchev–Trinajstić information content (AvgIpc) is 3.38. The molecule has 1 aliphatic carbocycles. The zero-order valence-corrected chi connectivity index (χ0v) is 21.1. The SMILES string of the molecule is COc1c(F)c(-c2ccc(NC3(C(=O)O)CCOCC3)cc2COC2CCCC2)cc(C)c1C(C)=O. The Morgan fingerprint density at radius 3 is 2.47 bits per heavy atom. The summed E-state index contributed by atoms with van der Waals surface area (Å²) >= 11 is 0. The number of anilines is 1. The van der Waals surface area contributed by atoms with Crippen LogP contribution >= 0.6 is 0 Å². The number of aryl methyl sites for hydroxylation is 1. The van der Waals surface area contributed by atoms with Crippen molar-refractivity contribution in [3.8, 4) is 16.9 Å². The van der Waals surface area contributed by atoms with Crippen LogP contribution in [0, 0.1) is 12.7 Å². The lowest BCUT2D eigenvalue weighted by Crippen LogP contribution is -2.50. The van der Waals surface area contributed by atoms with Crippen molar-refractivity contribution in [1.29, 1.82) is 0 Å². The fourth-order valence-corrected chi connectivity index (χ4v) is 5.29. The van der Waals surface area contributed by atoms with E-state index in [1.54, 1.807) is 25.1 Å². The Morgan fingerprint density at radius 1 is 1.17 bits per heavy atom. The number of hydrogen-bond donors (Lipinski definition) is 2. The number of ether oxygens (including phenoxy) is 3. The molecular weight excluding hydrogens is 465 g/mol. The number of methoxy groups -OCH3 is 1. The van der Waals surface area contributed by atoms with Crippen molar-refractivity contribution in [2.24, 2.45) is 0 Å². The monoisotopic (exact) mass is 499 g/mol. The zero-order valence-electron chi connectivity index (χ0n) is 21.1. The Balaban J connectivity index is 1.76.